The lowest BCUT2D eigenvalue weighted by atomic mass is 9.98. The molecule has 1 aromatic rings. The van der Waals surface area contributed by atoms with Gasteiger partial charge in [-0.2, -0.15) is 0 Å². The highest BCUT2D eigenvalue weighted by molar-refractivity contribution is 7.96. The highest BCUT2D eigenvalue weighted by atomic mass is 32.1. The average Bonchev–Trinajstić information content (AvgIpc) is 3.13. The van der Waals surface area contributed by atoms with Crippen molar-refractivity contribution >= 4 is 35.7 Å². The lowest BCUT2D eigenvalue weighted by molar-refractivity contribution is -0.134. The fourth-order valence-corrected chi connectivity index (χ4v) is 3.72. The molecule has 3 amide bonds. The van der Waals surface area contributed by atoms with Crippen LogP contribution in [0.15, 0.2) is 30.3 Å². The molecule has 1 heterocycles. The van der Waals surface area contributed by atoms with Gasteiger partial charge in [-0.25, -0.2) is 4.79 Å². The third kappa shape index (κ3) is 9.05. The van der Waals surface area contributed by atoms with E-state index in [0.717, 1.165) is 5.56 Å². The van der Waals surface area contributed by atoms with E-state index in [1.54, 1.807) is 6.92 Å². The Morgan fingerprint density at radius 1 is 1.18 bits per heavy atom. The van der Waals surface area contributed by atoms with E-state index >= 15 is 0 Å². The number of hydrogen-bond acceptors (Lipinski definition) is 6. The number of carbonyl (C=O) groups is 4. The van der Waals surface area contributed by atoms with Crippen molar-refractivity contribution in [3.63, 3.8) is 0 Å². The Bertz CT molecular complexity index is 842. The molecule has 1 saturated heterocycles. The van der Waals surface area contributed by atoms with Gasteiger partial charge in [0.25, 0.3) is 0 Å². The van der Waals surface area contributed by atoms with E-state index < -0.39 is 46.8 Å². The van der Waals surface area contributed by atoms with Gasteiger partial charge in [0.05, 0.1) is 17.7 Å². The quantitative estimate of drug-likeness (QED) is 0.381. The number of benzene rings is 1. The van der Waals surface area contributed by atoms with Gasteiger partial charge < -0.3 is 25.4 Å². The maximum absolute atomic E-state index is 13.1. The average molecular weight is 480 g/mol. The van der Waals surface area contributed by atoms with Crippen LogP contribution in [-0.4, -0.2) is 53.4 Å². The molecule has 0 spiro atoms. The van der Waals surface area contributed by atoms with Crippen molar-refractivity contribution in [1.82, 2.24) is 16.0 Å². The molecule has 10 heteroatoms. The first kappa shape index (κ1) is 26.7. The zero-order valence-corrected chi connectivity index (χ0v) is 20.3. The molecule has 3 N–H and O–H groups in total. The second-order valence-electron chi connectivity index (χ2n) is 9.03. The number of rotatable bonds is 10. The Labute approximate surface area is 199 Å². The molecular formula is C23H33N3O6S. The smallest absolute Gasteiger partial charge is 0.408 e. The first-order valence-electron chi connectivity index (χ1n) is 10.9. The van der Waals surface area contributed by atoms with Crippen LogP contribution in [0.5, 0.6) is 0 Å². The van der Waals surface area contributed by atoms with E-state index in [0.29, 0.717) is 13.0 Å². The van der Waals surface area contributed by atoms with Gasteiger partial charge in [-0.15, -0.1) is 12.6 Å². The Hall–Kier alpha value is -2.59. The van der Waals surface area contributed by atoms with Crippen LogP contribution in [-0.2, 0) is 30.5 Å². The molecule has 1 aliphatic rings. The van der Waals surface area contributed by atoms with Gasteiger partial charge in [-0.3, -0.25) is 14.4 Å². The molecule has 1 fully saturated rings. The van der Waals surface area contributed by atoms with Crippen LogP contribution in [0.2, 0.25) is 0 Å². The van der Waals surface area contributed by atoms with Gasteiger partial charge in [-0.1, -0.05) is 30.3 Å². The van der Waals surface area contributed by atoms with Gasteiger partial charge in [0.1, 0.15) is 12.6 Å². The minimum Gasteiger partial charge on any atom is -0.445 e. The lowest BCUT2D eigenvalue weighted by Crippen LogP contribution is -2.57. The number of ether oxygens (including phenoxy) is 2. The maximum atomic E-state index is 13.1. The highest BCUT2D eigenvalue weighted by Crippen LogP contribution is 2.18. The summed E-state index contributed by atoms with van der Waals surface area (Å²) in [6.07, 6.45) is -0.838. The van der Waals surface area contributed by atoms with E-state index in [9.17, 15) is 19.2 Å². The molecule has 9 nitrogen and oxygen atoms in total. The Morgan fingerprint density at radius 2 is 1.85 bits per heavy atom. The zero-order chi connectivity index (χ0) is 24.6. The van der Waals surface area contributed by atoms with E-state index in [1.807, 2.05) is 51.1 Å². The number of hydrogen-bond donors (Lipinski definition) is 4. The molecule has 0 bridgehead atoms. The van der Waals surface area contributed by atoms with Crippen LogP contribution in [0, 0.1) is 5.92 Å². The molecule has 0 radical (unpaired) electrons. The summed E-state index contributed by atoms with van der Waals surface area (Å²) in [6.45, 7) is 7.68. The molecule has 1 aromatic carbocycles. The first-order chi connectivity index (χ1) is 15.5. The predicted octanol–water partition coefficient (Wildman–Crippen LogP) is 1.95. The van der Waals surface area contributed by atoms with Crippen LogP contribution in [0.1, 0.15) is 46.1 Å². The predicted molar refractivity (Wildman–Crippen MR) is 126 cm³/mol. The molecular weight excluding hydrogens is 446 g/mol. The van der Waals surface area contributed by atoms with Gasteiger partial charge >= 0.3 is 6.09 Å². The zero-order valence-electron chi connectivity index (χ0n) is 19.4. The molecule has 0 aliphatic carbocycles. The number of thiol groups is 1. The van der Waals surface area contributed by atoms with Crippen molar-refractivity contribution in [3.8, 4) is 0 Å². The highest BCUT2D eigenvalue weighted by Gasteiger charge is 2.35. The fourth-order valence-electron chi connectivity index (χ4n) is 3.55. The van der Waals surface area contributed by atoms with Crippen molar-refractivity contribution in [2.45, 2.75) is 70.9 Å². The second-order valence-corrected chi connectivity index (χ2v) is 9.47. The van der Waals surface area contributed by atoms with Crippen molar-refractivity contribution in [1.29, 1.82) is 0 Å². The van der Waals surface area contributed by atoms with Crippen LogP contribution in [0.4, 0.5) is 4.79 Å². The Kier molecular flexibility index (Phi) is 9.72. The number of alkyl carbamates (subject to hydrolysis) is 1. The summed E-state index contributed by atoms with van der Waals surface area (Å²) in [6, 6.07) is 7.00. The minimum atomic E-state index is -1.14. The summed E-state index contributed by atoms with van der Waals surface area (Å²) in [5.74, 6) is -1.18. The molecule has 0 unspecified atom stereocenters. The largest absolute Gasteiger partial charge is 0.445 e. The van der Waals surface area contributed by atoms with E-state index in [4.69, 9.17) is 9.47 Å². The Balaban J connectivity index is 2.08. The van der Waals surface area contributed by atoms with Crippen LogP contribution >= 0.6 is 12.6 Å². The molecule has 1 aliphatic heterocycles. The van der Waals surface area contributed by atoms with Crippen molar-refractivity contribution in [2.24, 2.45) is 5.92 Å². The standard InChI is InChI=1S/C23H33N3O6S/c1-14(32-23(2,3)4)18(26-22(30)31-13-15-8-6-5-7-9-15)20(28)25-17(21(29)33)12-16-10-11-24-19(16)27/h5-9,14,16-18H,10-13H2,1-4H3,(H,24,27)(H,25,28)(H,26,30)(H,29,33)/t14-,16-,17-,18-/m0/s1. The lowest BCUT2D eigenvalue weighted by Gasteiger charge is -2.31. The van der Waals surface area contributed by atoms with E-state index in [-0.39, 0.29) is 18.9 Å². The summed E-state index contributed by atoms with van der Waals surface area (Å²) in [5.41, 5.74) is 0.206. The fraction of sp³-hybridized carbons (Fsp3) is 0.565. The SMILES string of the molecule is C[C@H](OC(C)(C)C)[C@H](NC(=O)OCc1ccccc1)C(=O)N[C@@H](C[C@@H]1CCNC1=O)C(=O)S. The molecule has 0 saturated carbocycles. The molecule has 33 heavy (non-hydrogen) atoms. The first-order valence-corrected chi connectivity index (χ1v) is 11.4. The van der Waals surface area contributed by atoms with Crippen LogP contribution in [0.25, 0.3) is 0 Å². The summed E-state index contributed by atoms with van der Waals surface area (Å²) in [4.78, 5) is 49.5. The summed E-state index contributed by atoms with van der Waals surface area (Å²) >= 11 is 3.87. The topological polar surface area (TPSA) is 123 Å². The number of amides is 3. The van der Waals surface area contributed by atoms with Crippen molar-refractivity contribution in [2.75, 3.05) is 6.54 Å². The summed E-state index contributed by atoms with van der Waals surface area (Å²) in [7, 11) is 0. The number of carbonyl (C=O) groups excluding carboxylic acids is 4. The summed E-state index contributed by atoms with van der Waals surface area (Å²) in [5, 5.41) is 7.29. The Morgan fingerprint density at radius 3 is 2.39 bits per heavy atom. The summed E-state index contributed by atoms with van der Waals surface area (Å²) < 4.78 is 11.1. The van der Waals surface area contributed by atoms with Crippen LogP contribution in [0.3, 0.4) is 0 Å². The van der Waals surface area contributed by atoms with Gasteiger partial charge in [0, 0.05) is 12.5 Å². The minimum absolute atomic E-state index is 0.0318. The molecule has 0 aromatic heterocycles. The molecule has 2 rings (SSSR count). The van der Waals surface area contributed by atoms with E-state index in [1.165, 1.54) is 0 Å². The van der Waals surface area contributed by atoms with Gasteiger partial charge in [-0.05, 0) is 46.1 Å². The third-order valence-corrected chi connectivity index (χ3v) is 5.39. The van der Waals surface area contributed by atoms with Crippen LogP contribution < -0.4 is 16.0 Å². The van der Waals surface area contributed by atoms with Crippen molar-refractivity contribution in [3.05, 3.63) is 35.9 Å². The van der Waals surface area contributed by atoms with E-state index in [2.05, 4.69) is 28.6 Å². The molecule has 4 atom stereocenters. The normalized spacial score (nSPS) is 18.6. The maximum Gasteiger partial charge on any atom is 0.408 e. The molecule has 182 valence electrons. The monoisotopic (exact) mass is 479 g/mol. The van der Waals surface area contributed by atoms with Gasteiger partial charge in [0.2, 0.25) is 16.9 Å². The third-order valence-electron chi connectivity index (χ3n) is 5.08. The second kappa shape index (κ2) is 12.0. The number of nitrogens with one attached hydrogen (secondary N) is 3. The van der Waals surface area contributed by atoms with Crippen molar-refractivity contribution < 1.29 is 28.7 Å². The van der Waals surface area contributed by atoms with Gasteiger partial charge in [0.15, 0.2) is 0 Å².